The molecule has 0 heterocycles. The summed E-state index contributed by atoms with van der Waals surface area (Å²) in [5.41, 5.74) is 7.60. The Labute approximate surface area is 96.0 Å². The van der Waals surface area contributed by atoms with Gasteiger partial charge in [-0.25, -0.2) is 8.42 Å². The Morgan fingerprint density at radius 2 is 2.06 bits per heavy atom. The van der Waals surface area contributed by atoms with Gasteiger partial charge < -0.3 is 10.8 Å². The molecule has 0 bridgehead atoms. The highest BCUT2D eigenvalue weighted by Gasteiger charge is 2.28. The topological polar surface area (TPSA) is 80.4 Å². The van der Waals surface area contributed by atoms with Crippen molar-refractivity contribution in [2.45, 2.75) is 18.2 Å². The average Bonchev–Trinajstić information content (AvgIpc) is 2.16. The van der Waals surface area contributed by atoms with Crippen LogP contribution < -0.4 is 5.73 Å². The van der Waals surface area contributed by atoms with Crippen LogP contribution in [0.3, 0.4) is 0 Å². The van der Waals surface area contributed by atoms with Gasteiger partial charge in [0.2, 0.25) is 0 Å². The van der Waals surface area contributed by atoms with E-state index >= 15 is 0 Å². The van der Waals surface area contributed by atoms with E-state index in [-0.39, 0.29) is 0 Å². The van der Waals surface area contributed by atoms with E-state index in [0.717, 1.165) is 17.4 Å². The molecule has 0 aromatic heterocycles. The van der Waals surface area contributed by atoms with Gasteiger partial charge in [0.25, 0.3) is 0 Å². The van der Waals surface area contributed by atoms with E-state index in [9.17, 15) is 8.42 Å². The SMILES string of the molecule is Cc1cccc([C@@H](N)[C@H](CO)S(C)(=O)=O)c1. The van der Waals surface area contributed by atoms with Gasteiger partial charge in [-0.3, -0.25) is 0 Å². The normalized spacial score (nSPS) is 15.8. The van der Waals surface area contributed by atoms with Gasteiger partial charge in [-0.2, -0.15) is 0 Å². The van der Waals surface area contributed by atoms with E-state index in [0.29, 0.717) is 0 Å². The molecule has 0 aliphatic rings. The van der Waals surface area contributed by atoms with Gasteiger partial charge in [0.1, 0.15) is 5.25 Å². The monoisotopic (exact) mass is 243 g/mol. The molecule has 90 valence electrons. The van der Waals surface area contributed by atoms with Crippen LogP contribution in [0.1, 0.15) is 17.2 Å². The van der Waals surface area contributed by atoms with Gasteiger partial charge in [-0.05, 0) is 12.5 Å². The number of sulfone groups is 1. The lowest BCUT2D eigenvalue weighted by atomic mass is 10.0. The van der Waals surface area contributed by atoms with Crippen molar-refractivity contribution in [1.82, 2.24) is 0 Å². The summed E-state index contributed by atoms with van der Waals surface area (Å²) in [6.07, 6.45) is 1.09. The summed E-state index contributed by atoms with van der Waals surface area (Å²) >= 11 is 0. The molecule has 0 amide bonds. The van der Waals surface area contributed by atoms with Crippen LogP contribution in [0.25, 0.3) is 0 Å². The van der Waals surface area contributed by atoms with Crippen LogP contribution in [-0.4, -0.2) is 31.6 Å². The highest BCUT2D eigenvalue weighted by atomic mass is 32.2. The first-order valence-electron chi connectivity index (χ1n) is 4.98. The van der Waals surface area contributed by atoms with Crippen LogP contribution in [0.15, 0.2) is 24.3 Å². The highest BCUT2D eigenvalue weighted by Crippen LogP contribution is 2.20. The summed E-state index contributed by atoms with van der Waals surface area (Å²) in [5.74, 6) is 0. The summed E-state index contributed by atoms with van der Waals surface area (Å²) in [6.45, 7) is 1.44. The highest BCUT2D eigenvalue weighted by molar-refractivity contribution is 7.91. The minimum absolute atomic E-state index is 0.464. The zero-order valence-electron chi connectivity index (χ0n) is 9.42. The fraction of sp³-hybridized carbons (Fsp3) is 0.455. The number of nitrogens with two attached hydrogens (primary N) is 1. The molecular weight excluding hydrogens is 226 g/mol. The number of hydrogen-bond acceptors (Lipinski definition) is 4. The molecule has 0 aliphatic heterocycles. The van der Waals surface area contributed by atoms with Crippen LogP contribution >= 0.6 is 0 Å². The van der Waals surface area contributed by atoms with E-state index < -0.39 is 27.7 Å². The molecule has 1 aromatic rings. The van der Waals surface area contributed by atoms with Crippen molar-refractivity contribution in [1.29, 1.82) is 0 Å². The maximum absolute atomic E-state index is 11.4. The number of rotatable bonds is 4. The van der Waals surface area contributed by atoms with E-state index in [2.05, 4.69) is 0 Å². The maximum Gasteiger partial charge on any atom is 0.154 e. The van der Waals surface area contributed by atoms with E-state index in [1.165, 1.54) is 0 Å². The third kappa shape index (κ3) is 3.04. The molecule has 1 aromatic carbocycles. The molecule has 5 heteroatoms. The lowest BCUT2D eigenvalue weighted by Gasteiger charge is -2.20. The number of aryl methyl sites for hydroxylation is 1. The Morgan fingerprint density at radius 3 is 2.50 bits per heavy atom. The first kappa shape index (κ1) is 13.2. The molecule has 4 nitrogen and oxygen atoms in total. The molecule has 2 atom stereocenters. The zero-order valence-corrected chi connectivity index (χ0v) is 10.2. The first-order chi connectivity index (χ1) is 7.36. The second-order valence-electron chi connectivity index (χ2n) is 3.99. The zero-order chi connectivity index (χ0) is 12.3. The second kappa shape index (κ2) is 4.95. The molecule has 0 spiro atoms. The molecule has 0 saturated heterocycles. The summed E-state index contributed by atoms with van der Waals surface area (Å²) in [5, 5.41) is 8.15. The van der Waals surface area contributed by atoms with E-state index in [4.69, 9.17) is 10.8 Å². The minimum Gasteiger partial charge on any atom is -0.395 e. The van der Waals surface area contributed by atoms with Gasteiger partial charge >= 0.3 is 0 Å². The lowest BCUT2D eigenvalue weighted by molar-refractivity contribution is 0.278. The third-order valence-electron chi connectivity index (χ3n) is 2.56. The van der Waals surface area contributed by atoms with Gasteiger partial charge in [-0.15, -0.1) is 0 Å². The van der Waals surface area contributed by atoms with Crippen LogP contribution in [0.5, 0.6) is 0 Å². The molecule has 1 rings (SSSR count). The fourth-order valence-electron chi connectivity index (χ4n) is 1.61. The number of aliphatic hydroxyl groups is 1. The van der Waals surface area contributed by atoms with E-state index in [1.54, 1.807) is 6.07 Å². The van der Waals surface area contributed by atoms with Crippen LogP contribution in [-0.2, 0) is 9.84 Å². The van der Waals surface area contributed by atoms with Crippen molar-refractivity contribution >= 4 is 9.84 Å². The smallest absolute Gasteiger partial charge is 0.154 e. The van der Waals surface area contributed by atoms with Crippen molar-refractivity contribution in [2.24, 2.45) is 5.73 Å². The maximum atomic E-state index is 11.4. The predicted octanol–water partition coefficient (Wildman–Crippen LogP) is 0.400. The Balaban J connectivity index is 3.05. The molecular formula is C11H17NO3S. The van der Waals surface area contributed by atoms with E-state index in [1.807, 2.05) is 25.1 Å². The van der Waals surface area contributed by atoms with Crippen LogP contribution in [0, 0.1) is 6.92 Å². The van der Waals surface area contributed by atoms with Crippen molar-refractivity contribution in [2.75, 3.05) is 12.9 Å². The molecule has 3 N–H and O–H groups in total. The molecule has 16 heavy (non-hydrogen) atoms. The van der Waals surface area contributed by atoms with Crippen molar-refractivity contribution in [3.63, 3.8) is 0 Å². The number of benzene rings is 1. The lowest BCUT2D eigenvalue weighted by Crippen LogP contribution is -2.36. The van der Waals surface area contributed by atoms with Gasteiger partial charge in [0.05, 0.1) is 6.61 Å². The standard InChI is InChI=1S/C11H17NO3S/c1-8-4-3-5-9(6-8)11(12)10(7-13)16(2,14)15/h3-6,10-11,13H,7,12H2,1-2H3/t10-,11+/m0/s1. The summed E-state index contributed by atoms with van der Waals surface area (Å²) < 4.78 is 22.8. The van der Waals surface area contributed by atoms with Gasteiger partial charge in [0, 0.05) is 12.3 Å². The second-order valence-corrected chi connectivity index (χ2v) is 6.26. The molecule has 0 radical (unpaired) electrons. The van der Waals surface area contributed by atoms with Crippen LogP contribution in [0.2, 0.25) is 0 Å². The number of aliphatic hydroxyl groups excluding tert-OH is 1. The molecule has 0 saturated carbocycles. The Kier molecular flexibility index (Phi) is 4.07. The van der Waals surface area contributed by atoms with Crippen molar-refractivity contribution in [3.8, 4) is 0 Å². The van der Waals surface area contributed by atoms with Crippen LogP contribution in [0.4, 0.5) is 0 Å². The first-order valence-corrected chi connectivity index (χ1v) is 6.93. The summed E-state index contributed by atoms with van der Waals surface area (Å²) in [4.78, 5) is 0. The Bertz CT molecular complexity index is 456. The van der Waals surface area contributed by atoms with Crippen molar-refractivity contribution in [3.05, 3.63) is 35.4 Å². The van der Waals surface area contributed by atoms with Gasteiger partial charge in [-0.1, -0.05) is 29.8 Å². The van der Waals surface area contributed by atoms with Crippen molar-refractivity contribution < 1.29 is 13.5 Å². The van der Waals surface area contributed by atoms with Gasteiger partial charge in [0.15, 0.2) is 9.84 Å². The Hall–Kier alpha value is -0.910. The predicted molar refractivity (Wildman–Crippen MR) is 63.8 cm³/mol. The summed E-state index contributed by atoms with van der Waals surface area (Å²) in [7, 11) is -3.35. The molecule has 0 aliphatic carbocycles. The minimum atomic E-state index is -3.35. The Morgan fingerprint density at radius 1 is 1.44 bits per heavy atom. The quantitative estimate of drug-likeness (QED) is 0.802. The average molecular weight is 243 g/mol. The largest absolute Gasteiger partial charge is 0.395 e. The number of hydrogen-bond donors (Lipinski definition) is 2. The molecule has 0 unspecified atom stereocenters. The summed E-state index contributed by atoms with van der Waals surface area (Å²) in [6, 6.07) is 6.63. The molecule has 0 fully saturated rings. The third-order valence-corrected chi connectivity index (χ3v) is 4.10. The fourth-order valence-corrected chi connectivity index (χ4v) is 2.57.